The van der Waals surface area contributed by atoms with E-state index in [-0.39, 0.29) is 11.7 Å². The van der Waals surface area contributed by atoms with Crippen LogP contribution in [0.25, 0.3) is 11.5 Å². The molecule has 0 saturated heterocycles. The monoisotopic (exact) mass is 437 g/mol. The third-order valence-electron chi connectivity index (χ3n) is 3.20. The van der Waals surface area contributed by atoms with Crippen molar-refractivity contribution in [3.8, 4) is 11.5 Å². The van der Waals surface area contributed by atoms with E-state index in [1.54, 1.807) is 12.1 Å². The number of nitrogens with zero attached hydrogens (tertiary/aromatic N) is 2. The van der Waals surface area contributed by atoms with Crippen LogP contribution in [0.15, 0.2) is 56.6 Å². The average Bonchev–Trinajstić information content (AvgIpc) is 3.05. The molecule has 5 nitrogen and oxygen atoms in total. The second-order valence-corrected chi connectivity index (χ2v) is 7.45. The highest BCUT2D eigenvalue weighted by atomic mass is 79.9. The van der Waals surface area contributed by atoms with Crippen molar-refractivity contribution in [2.24, 2.45) is 0 Å². The number of aryl methyl sites for hydroxylation is 1. The summed E-state index contributed by atoms with van der Waals surface area (Å²) in [7, 11) is 0. The lowest BCUT2D eigenvalue weighted by Gasteiger charge is -2.06. The predicted molar refractivity (Wildman–Crippen MR) is 103 cm³/mol. The van der Waals surface area contributed by atoms with E-state index < -0.39 is 0 Å². The smallest absolute Gasteiger partial charge is 0.277 e. The Morgan fingerprint density at radius 2 is 2.12 bits per heavy atom. The van der Waals surface area contributed by atoms with Gasteiger partial charge in [-0.05, 0) is 42.8 Å². The molecule has 0 saturated carbocycles. The highest BCUT2D eigenvalue weighted by Gasteiger charge is 2.12. The van der Waals surface area contributed by atoms with Crippen LogP contribution >= 0.6 is 39.3 Å². The molecule has 0 atom stereocenters. The molecule has 0 aliphatic heterocycles. The van der Waals surface area contributed by atoms with Gasteiger partial charge in [0.1, 0.15) is 0 Å². The molecule has 1 N–H and O–H groups in total. The number of rotatable bonds is 5. The summed E-state index contributed by atoms with van der Waals surface area (Å²) in [5, 5.41) is 11.6. The highest BCUT2D eigenvalue weighted by Crippen LogP contribution is 2.26. The molecule has 1 amide bonds. The SMILES string of the molecule is Cc1ccc(NC(=O)CSc2nnc(-c3cccc(Br)c3)o2)c(Cl)c1. The predicted octanol–water partition coefficient (Wildman–Crippen LogP) is 5.19. The maximum atomic E-state index is 12.1. The van der Waals surface area contributed by atoms with Gasteiger partial charge in [0.15, 0.2) is 0 Å². The second kappa shape index (κ2) is 8.03. The Kier molecular flexibility index (Phi) is 5.78. The number of amides is 1. The minimum Gasteiger partial charge on any atom is -0.411 e. The van der Waals surface area contributed by atoms with Gasteiger partial charge in [0.2, 0.25) is 11.8 Å². The second-order valence-electron chi connectivity index (χ2n) is 5.20. The first-order chi connectivity index (χ1) is 12.0. The maximum absolute atomic E-state index is 12.1. The summed E-state index contributed by atoms with van der Waals surface area (Å²) >= 11 is 10.7. The first-order valence-corrected chi connectivity index (χ1v) is 9.45. The molecule has 0 spiro atoms. The number of aromatic nitrogens is 2. The Hall–Kier alpha value is -1.83. The van der Waals surface area contributed by atoms with Crippen molar-refractivity contribution in [1.82, 2.24) is 10.2 Å². The Labute approximate surface area is 162 Å². The first kappa shape index (κ1) is 18.0. The molecule has 1 aromatic heterocycles. The van der Waals surface area contributed by atoms with E-state index in [1.807, 2.05) is 37.3 Å². The van der Waals surface area contributed by atoms with E-state index in [9.17, 15) is 4.79 Å². The molecule has 1 heterocycles. The maximum Gasteiger partial charge on any atom is 0.277 e. The molecule has 3 aromatic rings. The molecular weight excluding hydrogens is 426 g/mol. The van der Waals surface area contributed by atoms with Crippen LogP contribution < -0.4 is 5.32 Å². The molecule has 25 heavy (non-hydrogen) atoms. The molecule has 0 aliphatic rings. The lowest BCUT2D eigenvalue weighted by atomic mass is 10.2. The number of anilines is 1. The van der Waals surface area contributed by atoms with E-state index in [4.69, 9.17) is 16.0 Å². The van der Waals surface area contributed by atoms with Gasteiger partial charge in [-0.1, -0.05) is 51.4 Å². The fourth-order valence-corrected chi connectivity index (χ4v) is 3.29. The number of hydrogen-bond donors (Lipinski definition) is 1. The van der Waals surface area contributed by atoms with Crippen LogP contribution in [0.4, 0.5) is 5.69 Å². The third kappa shape index (κ3) is 4.84. The highest BCUT2D eigenvalue weighted by molar-refractivity contribution is 9.10. The van der Waals surface area contributed by atoms with Crippen LogP contribution in [0, 0.1) is 6.92 Å². The zero-order valence-electron chi connectivity index (χ0n) is 13.1. The summed E-state index contributed by atoms with van der Waals surface area (Å²) in [4.78, 5) is 12.1. The van der Waals surface area contributed by atoms with E-state index in [2.05, 4.69) is 31.4 Å². The van der Waals surface area contributed by atoms with Crippen molar-refractivity contribution in [1.29, 1.82) is 0 Å². The fourth-order valence-electron chi connectivity index (χ4n) is 2.04. The third-order valence-corrected chi connectivity index (χ3v) is 4.83. The fraction of sp³-hybridized carbons (Fsp3) is 0.118. The van der Waals surface area contributed by atoms with Gasteiger partial charge < -0.3 is 9.73 Å². The van der Waals surface area contributed by atoms with Gasteiger partial charge in [-0.15, -0.1) is 10.2 Å². The Morgan fingerprint density at radius 1 is 1.28 bits per heavy atom. The normalized spacial score (nSPS) is 10.7. The van der Waals surface area contributed by atoms with Crippen LogP contribution in [-0.2, 0) is 4.79 Å². The number of hydrogen-bond acceptors (Lipinski definition) is 5. The summed E-state index contributed by atoms with van der Waals surface area (Å²) < 4.78 is 6.50. The van der Waals surface area contributed by atoms with E-state index in [1.165, 1.54) is 11.8 Å². The van der Waals surface area contributed by atoms with Gasteiger partial charge >= 0.3 is 0 Å². The van der Waals surface area contributed by atoms with E-state index in [0.717, 1.165) is 15.6 Å². The zero-order valence-corrected chi connectivity index (χ0v) is 16.3. The molecule has 0 aliphatic carbocycles. The van der Waals surface area contributed by atoms with Crippen LogP contribution in [0.2, 0.25) is 5.02 Å². The summed E-state index contributed by atoms with van der Waals surface area (Å²) in [6, 6.07) is 13.0. The van der Waals surface area contributed by atoms with Crippen molar-refractivity contribution in [2.45, 2.75) is 12.1 Å². The van der Waals surface area contributed by atoms with Crippen molar-refractivity contribution >= 4 is 50.9 Å². The van der Waals surface area contributed by atoms with Crippen molar-refractivity contribution in [3.05, 3.63) is 57.5 Å². The molecule has 0 radical (unpaired) electrons. The largest absolute Gasteiger partial charge is 0.411 e. The molecular formula is C17H13BrClN3O2S. The van der Waals surface area contributed by atoms with Gasteiger partial charge in [-0.3, -0.25) is 4.79 Å². The Morgan fingerprint density at radius 3 is 2.88 bits per heavy atom. The van der Waals surface area contributed by atoms with Gasteiger partial charge in [0.05, 0.1) is 16.5 Å². The van der Waals surface area contributed by atoms with Crippen LogP contribution in [0.5, 0.6) is 0 Å². The van der Waals surface area contributed by atoms with Gasteiger partial charge in [-0.2, -0.15) is 0 Å². The number of carbonyl (C=O) groups is 1. The lowest BCUT2D eigenvalue weighted by molar-refractivity contribution is -0.113. The summed E-state index contributed by atoms with van der Waals surface area (Å²) in [6.45, 7) is 1.94. The number of carbonyl (C=O) groups excluding carboxylic acids is 1. The van der Waals surface area contributed by atoms with Gasteiger partial charge in [0, 0.05) is 10.0 Å². The van der Waals surface area contributed by atoms with Crippen molar-refractivity contribution < 1.29 is 9.21 Å². The van der Waals surface area contributed by atoms with E-state index in [0.29, 0.717) is 21.8 Å². The number of benzene rings is 2. The molecule has 8 heteroatoms. The summed E-state index contributed by atoms with van der Waals surface area (Å²) in [5.41, 5.74) is 2.42. The minimum absolute atomic E-state index is 0.143. The molecule has 3 rings (SSSR count). The van der Waals surface area contributed by atoms with Crippen molar-refractivity contribution in [3.63, 3.8) is 0 Å². The lowest BCUT2D eigenvalue weighted by Crippen LogP contribution is -2.14. The molecule has 128 valence electrons. The average molecular weight is 439 g/mol. The molecule has 2 aromatic carbocycles. The van der Waals surface area contributed by atoms with Crippen LogP contribution in [0.1, 0.15) is 5.56 Å². The van der Waals surface area contributed by atoms with E-state index >= 15 is 0 Å². The summed E-state index contributed by atoms with van der Waals surface area (Å²) in [5.74, 6) is 0.355. The van der Waals surface area contributed by atoms with Crippen molar-refractivity contribution in [2.75, 3.05) is 11.1 Å². The molecule has 0 fully saturated rings. The Bertz CT molecular complexity index is 916. The van der Waals surface area contributed by atoms with Gasteiger partial charge in [-0.25, -0.2) is 0 Å². The Balaban J connectivity index is 1.59. The standard InChI is InChI=1S/C17H13BrClN3O2S/c1-10-5-6-14(13(19)7-10)20-15(23)9-25-17-22-21-16(24-17)11-3-2-4-12(18)8-11/h2-8H,9H2,1H3,(H,20,23). The van der Waals surface area contributed by atoms with Gasteiger partial charge in [0.25, 0.3) is 5.22 Å². The zero-order chi connectivity index (χ0) is 17.8. The number of halogens is 2. The van der Waals surface area contributed by atoms with Crippen LogP contribution in [-0.4, -0.2) is 21.9 Å². The first-order valence-electron chi connectivity index (χ1n) is 7.29. The number of nitrogens with one attached hydrogen (secondary N) is 1. The summed E-state index contributed by atoms with van der Waals surface area (Å²) in [6.07, 6.45) is 0. The molecule has 0 unspecified atom stereocenters. The van der Waals surface area contributed by atoms with Crippen LogP contribution in [0.3, 0.4) is 0 Å². The quantitative estimate of drug-likeness (QED) is 0.555. The molecule has 0 bridgehead atoms. The number of thioether (sulfide) groups is 1. The minimum atomic E-state index is -0.196. The topological polar surface area (TPSA) is 68.0 Å².